The summed E-state index contributed by atoms with van der Waals surface area (Å²) >= 11 is 1.33. The number of benzene rings is 2. The molecule has 1 heterocycles. The van der Waals surface area contributed by atoms with E-state index in [-0.39, 0.29) is 16.4 Å². The lowest BCUT2D eigenvalue weighted by molar-refractivity contribution is -0.151. The minimum atomic E-state index is -3.73. The molecule has 2 aromatic carbocycles. The molecule has 3 rings (SSSR count). The van der Waals surface area contributed by atoms with Crippen molar-refractivity contribution >= 4 is 38.9 Å². The van der Waals surface area contributed by atoms with Crippen molar-refractivity contribution in [2.45, 2.75) is 61.9 Å². The normalized spacial score (nSPS) is 21.0. The third-order valence-electron chi connectivity index (χ3n) is 6.68. The van der Waals surface area contributed by atoms with Crippen molar-refractivity contribution in [3.05, 3.63) is 42.5 Å². The van der Waals surface area contributed by atoms with Gasteiger partial charge < -0.3 is 14.7 Å². The average molecular weight is 524 g/mol. The molecule has 0 saturated heterocycles. The molecule has 35 heavy (non-hydrogen) atoms. The van der Waals surface area contributed by atoms with Gasteiger partial charge in [-0.25, -0.2) is 17.6 Å². The molecular formula is C26H34FNO5S2. The van der Waals surface area contributed by atoms with Crippen molar-refractivity contribution < 1.29 is 27.4 Å². The Kier molecular flexibility index (Phi) is 8.42. The zero-order chi connectivity index (χ0) is 25.9. The van der Waals surface area contributed by atoms with Crippen LogP contribution < -0.4 is 9.64 Å². The fraction of sp³-hybridized carbons (Fsp3) is 0.500. The molecule has 0 spiro atoms. The molecule has 1 aliphatic heterocycles. The van der Waals surface area contributed by atoms with E-state index in [0.717, 1.165) is 31.9 Å². The number of ether oxygens (including phenoxy) is 1. The molecule has 0 fully saturated rings. The number of thioether (sulfide) groups is 1. The van der Waals surface area contributed by atoms with Crippen LogP contribution in [0.5, 0.6) is 5.75 Å². The first-order chi connectivity index (χ1) is 16.5. The van der Waals surface area contributed by atoms with Crippen LogP contribution >= 0.6 is 11.8 Å². The van der Waals surface area contributed by atoms with Crippen molar-refractivity contribution in [1.29, 1.82) is 0 Å². The molecule has 1 N–H and O–H groups in total. The number of fused-ring (bicyclic) bond motifs is 1. The number of carbonyl (C=O) groups is 1. The Labute approximate surface area is 211 Å². The highest BCUT2D eigenvalue weighted by atomic mass is 32.2. The van der Waals surface area contributed by atoms with Crippen molar-refractivity contribution in [3.63, 3.8) is 0 Å². The number of rotatable bonds is 10. The fourth-order valence-electron chi connectivity index (χ4n) is 4.42. The average Bonchev–Trinajstić information content (AvgIpc) is 2.93. The SMILES string of the molecule is CCCCC1(CC)CN(c2ccccc2)c2cc(SC)c(OCC(C)(F)C(=O)O)cc2S(=O)(=O)C1. The van der Waals surface area contributed by atoms with E-state index in [1.165, 1.54) is 17.8 Å². The number of sulfone groups is 1. The lowest BCUT2D eigenvalue weighted by Crippen LogP contribution is -2.37. The molecule has 0 aliphatic carbocycles. The molecule has 0 radical (unpaired) electrons. The molecule has 192 valence electrons. The van der Waals surface area contributed by atoms with Crippen LogP contribution in [0.4, 0.5) is 15.8 Å². The molecule has 6 nitrogen and oxygen atoms in total. The van der Waals surface area contributed by atoms with Crippen LogP contribution in [-0.4, -0.2) is 50.3 Å². The van der Waals surface area contributed by atoms with E-state index in [1.807, 2.05) is 43.5 Å². The first kappa shape index (κ1) is 27.3. The number of unbranched alkanes of at least 4 members (excludes halogenated alkanes) is 1. The van der Waals surface area contributed by atoms with Gasteiger partial charge in [0, 0.05) is 23.7 Å². The van der Waals surface area contributed by atoms with Crippen molar-refractivity contribution in [2.75, 3.05) is 30.1 Å². The molecule has 2 aromatic rings. The van der Waals surface area contributed by atoms with E-state index in [0.29, 0.717) is 23.5 Å². The molecule has 0 bridgehead atoms. The number of nitrogens with zero attached hydrogens (tertiary/aromatic N) is 1. The third kappa shape index (κ3) is 5.94. The maximum atomic E-state index is 14.4. The lowest BCUT2D eigenvalue weighted by Gasteiger charge is -2.36. The summed E-state index contributed by atoms with van der Waals surface area (Å²) in [5.41, 5.74) is -1.59. The highest BCUT2D eigenvalue weighted by molar-refractivity contribution is 7.98. The highest BCUT2D eigenvalue weighted by Crippen LogP contribution is 2.47. The minimum Gasteiger partial charge on any atom is -0.488 e. The van der Waals surface area contributed by atoms with Gasteiger partial charge in [-0.15, -0.1) is 11.8 Å². The Morgan fingerprint density at radius 2 is 1.94 bits per heavy atom. The topological polar surface area (TPSA) is 83.9 Å². The van der Waals surface area contributed by atoms with Crippen LogP contribution in [0, 0.1) is 5.41 Å². The molecule has 9 heteroatoms. The summed E-state index contributed by atoms with van der Waals surface area (Å²) in [6.45, 7) is 4.89. The van der Waals surface area contributed by atoms with E-state index in [4.69, 9.17) is 9.84 Å². The molecule has 0 saturated carbocycles. The number of hydrogen-bond donors (Lipinski definition) is 1. The zero-order valence-corrected chi connectivity index (χ0v) is 22.3. The molecule has 2 atom stereocenters. The van der Waals surface area contributed by atoms with Crippen LogP contribution in [0.1, 0.15) is 46.5 Å². The van der Waals surface area contributed by atoms with Crippen LogP contribution in [0.25, 0.3) is 0 Å². The first-order valence-electron chi connectivity index (χ1n) is 11.8. The number of para-hydroxylation sites is 1. The summed E-state index contributed by atoms with van der Waals surface area (Å²) in [5.74, 6) is -1.47. The fourth-order valence-corrected chi connectivity index (χ4v) is 7.14. The predicted molar refractivity (Wildman–Crippen MR) is 139 cm³/mol. The Balaban J connectivity index is 2.19. The van der Waals surface area contributed by atoms with Gasteiger partial charge in [0.25, 0.3) is 0 Å². The number of alkyl halides is 1. The molecule has 1 aliphatic rings. The Morgan fingerprint density at radius 3 is 2.51 bits per heavy atom. The predicted octanol–water partition coefficient (Wildman–Crippen LogP) is 6.11. The van der Waals surface area contributed by atoms with Gasteiger partial charge in [0.15, 0.2) is 9.84 Å². The highest BCUT2D eigenvalue weighted by Gasteiger charge is 2.42. The van der Waals surface area contributed by atoms with Crippen LogP contribution in [-0.2, 0) is 14.6 Å². The number of anilines is 2. The number of aliphatic carboxylic acids is 1. The minimum absolute atomic E-state index is 0.000834. The Morgan fingerprint density at radius 1 is 1.26 bits per heavy atom. The Bertz CT molecular complexity index is 1150. The third-order valence-corrected chi connectivity index (χ3v) is 9.43. The van der Waals surface area contributed by atoms with Crippen molar-refractivity contribution in [1.82, 2.24) is 0 Å². The summed E-state index contributed by atoms with van der Waals surface area (Å²) in [6.07, 6.45) is 5.21. The number of carboxylic acids is 1. The van der Waals surface area contributed by atoms with Gasteiger partial charge in [0.05, 0.1) is 21.2 Å². The number of halogens is 1. The van der Waals surface area contributed by atoms with Crippen LogP contribution in [0.2, 0.25) is 0 Å². The van der Waals surface area contributed by atoms with Crippen molar-refractivity contribution in [3.8, 4) is 5.75 Å². The van der Waals surface area contributed by atoms with Gasteiger partial charge in [-0.05, 0) is 44.2 Å². The largest absolute Gasteiger partial charge is 0.488 e. The van der Waals surface area contributed by atoms with E-state index in [1.54, 1.807) is 6.07 Å². The monoisotopic (exact) mass is 523 g/mol. The van der Waals surface area contributed by atoms with Gasteiger partial charge in [-0.2, -0.15) is 0 Å². The first-order valence-corrected chi connectivity index (χ1v) is 14.7. The number of carboxylic acid groups (broad SMARTS) is 1. The van der Waals surface area contributed by atoms with Gasteiger partial charge in [0.1, 0.15) is 12.4 Å². The van der Waals surface area contributed by atoms with Crippen LogP contribution in [0.15, 0.2) is 52.3 Å². The second-order valence-corrected chi connectivity index (χ2v) is 12.2. The number of hydrogen-bond acceptors (Lipinski definition) is 6. The quantitative estimate of drug-likeness (QED) is 0.376. The lowest BCUT2D eigenvalue weighted by atomic mass is 9.81. The summed E-state index contributed by atoms with van der Waals surface area (Å²) in [4.78, 5) is 14.0. The second-order valence-electron chi connectivity index (χ2n) is 9.40. The van der Waals surface area contributed by atoms with Crippen LogP contribution in [0.3, 0.4) is 0 Å². The standard InChI is InChI=1S/C26H34FNO5S2/c1-5-7-13-26(6-2)16-28(19-11-9-8-10-12-19)20-14-22(34-4)21(15-23(20)35(31,32)18-26)33-17-25(3,27)24(29)30/h8-12,14-15H,5-7,13,16-18H2,1-4H3,(H,29,30). The van der Waals surface area contributed by atoms with Gasteiger partial charge in [0.2, 0.25) is 5.67 Å². The van der Waals surface area contributed by atoms with Gasteiger partial charge >= 0.3 is 5.97 Å². The van der Waals surface area contributed by atoms with Crippen molar-refractivity contribution in [2.24, 2.45) is 5.41 Å². The summed E-state index contributed by atoms with van der Waals surface area (Å²) < 4.78 is 47.6. The molecule has 0 amide bonds. The second kappa shape index (κ2) is 10.8. The maximum absolute atomic E-state index is 14.4. The zero-order valence-electron chi connectivity index (χ0n) is 20.7. The summed E-state index contributed by atoms with van der Waals surface area (Å²) in [6, 6.07) is 12.9. The summed E-state index contributed by atoms with van der Waals surface area (Å²) in [7, 11) is -3.73. The van der Waals surface area contributed by atoms with E-state index < -0.39 is 33.5 Å². The van der Waals surface area contributed by atoms with Gasteiger partial charge in [-0.1, -0.05) is 44.9 Å². The summed E-state index contributed by atoms with van der Waals surface area (Å²) in [5, 5.41) is 9.11. The van der Waals surface area contributed by atoms with E-state index in [9.17, 15) is 17.6 Å². The molecular weight excluding hydrogens is 489 g/mol. The van der Waals surface area contributed by atoms with E-state index >= 15 is 0 Å². The molecule has 2 unspecified atom stereocenters. The Hall–Kier alpha value is -2.26. The van der Waals surface area contributed by atoms with Gasteiger partial charge in [-0.3, -0.25) is 0 Å². The maximum Gasteiger partial charge on any atom is 0.344 e. The van der Waals surface area contributed by atoms with E-state index in [2.05, 4.69) is 11.8 Å². The smallest absolute Gasteiger partial charge is 0.344 e. The molecule has 0 aromatic heterocycles.